The third-order valence-electron chi connectivity index (χ3n) is 14.9. The Morgan fingerprint density at radius 1 is 0.667 bits per heavy atom. The summed E-state index contributed by atoms with van der Waals surface area (Å²) in [5.41, 5.74) is 34.6. The smallest absolute Gasteiger partial charge is 0.305 e. The number of amides is 12. The summed E-state index contributed by atoms with van der Waals surface area (Å²) in [6.45, 7) is -0.507. The summed E-state index contributed by atoms with van der Waals surface area (Å²) in [5, 5.41) is 46.5. The first-order chi connectivity index (χ1) is 44.2. The maximum absolute atomic E-state index is 14.6. The molecule has 35 nitrogen and oxygen atoms in total. The molecular formula is C56H88N20O15S2. The summed E-state index contributed by atoms with van der Waals surface area (Å²) >= 11 is 2.29. The molecule has 0 bridgehead atoms. The zero-order chi connectivity index (χ0) is 68.9. The van der Waals surface area contributed by atoms with Crippen molar-refractivity contribution >= 4 is 123 Å². The molecule has 0 radical (unpaired) electrons. The molecule has 0 spiro atoms. The van der Waals surface area contributed by atoms with Gasteiger partial charge in [-0.15, -0.1) is 0 Å². The van der Waals surface area contributed by atoms with Crippen molar-refractivity contribution in [2.24, 2.45) is 44.4 Å². The third kappa shape index (κ3) is 25.2. The Balaban J connectivity index is 1.82. The lowest BCUT2D eigenvalue weighted by Crippen LogP contribution is -2.61. The van der Waals surface area contributed by atoms with E-state index in [2.05, 4.69) is 68.1 Å². The fraction of sp³-hybridized carbons (Fsp3) is 0.589. The van der Waals surface area contributed by atoms with Crippen LogP contribution in [0.15, 0.2) is 40.3 Å². The first-order valence-corrected chi connectivity index (χ1v) is 32.8. The highest BCUT2D eigenvalue weighted by Crippen LogP contribution is 2.21. The molecule has 37 heteroatoms. The van der Waals surface area contributed by atoms with Gasteiger partial charge in [-0.3, -0.25) is 72.3 Å². The van der Waals surface area contributed by atoms with E-state index in [9.17, 15) is 72.5 Å². The molecule has 4 rings (SSSR count). The van der Waals surface area contributed by atoms with Crippen molar-refractivity contribution in [3.63, 3.8) is 0 Å². The highest BCUT2D eigenvalue weighted by atomic mass is 32.2. The molecule has 1 aromatic heterocycles. The lowest BCUT2D eigenvalue weighted by Gasteiger charge is -2.30. The number of aromatic amines is 1. The Labute approximate surface area is 544 Å². The number of aliphatic hydroxyl groups is 1. The van der Waals surface area contributed by atoms with Crippen LogP contribution >= 0.6 is 23.5 Å². The number of carboxylic acid groups (broad SMARTS) is 1. The molecule has 93 heavy (non-hydrogen) atoms. The lowest BCUT2D eigenvalue weighted by molar-refractivity contribution is -0.146. The number of aliphatic carboxylic acids is 1. The van der Waals surface area contributed by atoms with Crippen LogP contribution in [-0.2, 0) is 68.7 Å². The molecule has 2 saturated heterocycles. The fourth-order valence-electron chi connectivity index (χ4n) is 10.1. The number of para-hydroxylation sites is 1. The van der Waals surface area contributed by atoms with Crippen LogP contribution < -0.4 is 87.6 Å². The van der Waals surface area contributed by atoms with Gasteiger partial charge in [-0.25, -0.2) is 0 Å². The molecule has 12 amide bonds. The zero-order valence-corrected chi connectivity index (χ0v) is 53.6. The molecular weight excluding hydrogens is 1260 g/mol. The molecule has 2 aliphatic rings. The quantitative estimate of drug-likeness (QED) is 0.0296. The molecule has 2 aliphatic heterocycles. The number of nitrogens with zero attached hydrogens (tertiary/aromatic N) is 3. The van der Waals surface area contributed by atoms with E-state index in [-0.39, 0.29) is 114 Å². The predicted molar refractivity (Wildman–Crippen MR) is 344 cm³/mol. The summed E-state index contributed by atoms with van der Waals surface area (Å²) in [5.74, 6) is -13.6. The van der Waals surface area contributed by atoms with Gasteiger partial charge in [0.15, 0.2) is 11.9 Å². The number of carboxylic acids is 1. The number of carbonyl (C=O) groups is 13. The van der Waals surface area contributed by atoms with E-state index in [0.29, 0.717) is 11.2 Å². The lowest BCUT2D eigenvalue weighted by atomic mass is 10.0. The minimum absolute atomic E-state index is 0.00452. The largest absolute Gasteiger partial charge is 0.481 e. The van der Waals surface area contributed by atoms with Crippen molar-refractivity contribution in [3.05, 3.63) is 36.0 Å². The van der Waals surface area contributed by atoms with E-state index >= 15 is 0 Å². The number of H-pyrrole nitrogens is 1. The number of nitrogens with one attached hydrogen (secondary N) is 11. The number of aliphatic hydroxyl groups excluding tert-OH is 1. The van der Waals surface area contributed by atoms with Crippen LogP contribution in [-0.4, -0.2) is 232 Å². The Kier molecular flexibility index (Phi) is 31.9. The molecule has 25 N–H and O–H groups in total. The van der Waals surface area contributed by atoms with Gasteiger partial charge in [0.05, 0.1) is 19.6 Å². The molecule has 0 saturated carbocycles. The van der Waals surface area contributed by atoms with Crippen LogP contribution in [0.3, 0.4) is 0 Å². The summed E-state index contributed by atoms with van der Waals surface area (Å²) in [4.78, 5) is 192. The number of rotatable bonds is 22. The third-order valence-corrected chi connectivity index (χ3v) is 16.2. The van der Waals surface area contributed by atoms with Gasteiger partial charge in [0, 0.05) is 48.8 Å². The molecule has 2 aromatic rings. The van der Waals surface area contributed by atoms with Crippen molar-refractivity contribution in [1.29, 1.82) is 0 Å². The van der Waals surface area contributed by atoms with Crippen LogP contribution in [0, 0.1) is 0 Å². The van der Waals surface area contributed by atoms with Crippen molar-refractivity contribution in [2.75, 3.05) is 56.8 Å². The SMILES string of the molecule is CSC[C@H](NC(=O)CN)C(=O)N[C@H]1CCCC[C@@H](C(N)=O)NC(=O)[C@H](CCCN=C(N)N)NC(=O)[C@H](Cc2cc3ccccc3[nH]2)NC(=O)[C@H](C)NC(=O)[C@H](CSC)NC(=O)[C@H](CCCN=C(N)N)NC(=O)C2CCCN2C(=O)[C@H](CC(=O)O)NC(=O)[C@H](CO)NC1=O. The summed E-state index contributed by atoms with van der Waals surface area (Å²) in [6.07, 6.45) is 1.52. The van der Waals surface area contributed by atoms with E-state index in [1.54, 1.807) is 36.8 Å². The number of primary amides is 1. The monoisotopic (exact) mass is 1340 g/mol. The summed E-state index contributed by atoms with van der Waals surface area (Å²) < 4.78 is 0. The van der Waals surface area contributed by atoms with Crippen molar-refractivity contribution < 1.29 is 72.5 Å². The topological polar surface area (TPSA) is 583 Å². The minimum atomic E-state index is -1.92. The molecule has 2 fully saturated rings. The number of guanidine groups is 2. The molecule has 11 atom stereocenters. The standard InChI is InChI=1S/C56H88N20O15S2/c1-28-45(82)72-36(22-30-21-29-11-4-5-12-31(29)66-30)49(86)69-34(15-8-18-63-55(59)60)46(83)68-32(44(58)81)13-6-7-14-33(70-52(89)39(26-92-2)67-42(78)24-57)47(84)74-38(25-77)50(87)73-37(23-43(79)80)54(91)76-20-10-17-41(76)53(90)71-35(16-9-19-64-56(61)62)48(85)75-40(27-93-3)51(88)65-28/h4-5,11-12,21,28,32-41,66,77H,6-10,13-20,22-27,57H2,1-3H3,(H2,58,81)(H,65,88)(H,67,78)(H,68,83)(H,69,86)(H,70,89)(H,71,90)(H,72,82)(H,73,87)(H,74,84)(H,75,85)(H,79,80)(H4,59,60,63)(H4,61,62,64)/t28-,32-,33-,34-,35-,36-,37-,38-,39-,40-,41?/m0/s1. The van der Waals surface area contributed by atoms with Crippen LogP contribution in [0.25, 0.3) is 10.9 Å². The van der Waals surface area contributed by atoms with Gasteiger partial charge in [0.1, 0.15) is 66.5 Å². The van der Waals surface area contributed by atoms with E-state index in [1.165, 1.54) is 6.92 Å². The summed E-state index contributed by atoms with van der Waals surface area (Å²) in [6, 6.07) is -7.74. The highest BCUT2D eigenvalue weighted by Gasteiger charge is 2.41. The maximum atomic E-state index is 14.6. The van der Waals surface area contributed by atoms with Gasteiger partial charge >= 0.3 is 5.97 Å². The number of carbonyl (C=O) groups excluding carboxylic acids is 12. The predicted octanol–water partition coefficient (Wildman–Crippen LogP) is -7.11. The Morgan fingerprint density at radius 3 is 1.82 bits per heavy atom. The summed E-state index contributed by atoms with van der Waals surface area (Å²) in [7, 11) is 0. The van der Waals surface area contributed by atoms with E-state index in [4.69, 9.17) is 34.4 Å². The normalized spacial score (nSPS) is 24.2. The van der Waals surface area contributed by atoms with Crippen LogP contribution in [0.1, 0.15) is 83.2 Å². The second-order valence-electron chi connectivity index (χ2n) is 22.1. The molecule has 1 unspecified atom stereocenters. The van der Waals surface area contributed by atoms with Crippen molar-refractivity contribution in [3.8, 4) is 0 Å². The average molecular weight is 1350 g/mol. The first-order valence-electron chi connectivity index (χ1n) is 30.0. The molecule has 0 aliphatic carbocycles. The molecule has 3 heterocycles. The van der Waals surface area contributed by atoms with Gasteiger partial charge < -0.3 is 108 Å². The number of benzene rings is 1. The van der Waals surface area contributed by atoms with Crippen molar-refractivity contribution in [1.82, 2.24) is 63.1 Å². The van der Waals surface area contributed by atoms with Crippen LogP contribution in [0.5, 0.6) is 0 Å². The van der Waals surface area contributed by atoms with Crippen LogP contribution in [0.4, 0.5) is 0 Å². The number of aromatic nitrogens is 1. The number of thioether (sulfide) groups is 2. The van der Waals surface area contributed by atoms with Gasteiger partial charge in [-0.2, -0.15) is 23.5 Å². The second-order valence-corrected chi connectivity index (χ2v) is 23.9. The Morgan fingerprint density at radius 2 is 1.23 bits per heavy atom. The van der Waals surface area contributed by atoms with E-state index in [1.807, 2.05) is 6.07 Å². The molecule has 514 valence electrons. The van der Waals surface area contributed by atoms with Gasteiger partial charge in [0.2, 0.25) is 70.9 Å². The first kappa shape index (κ1) is 76.5. The van der Waals surface area contributed by atoms with Crippen molar-refractivity contribution in [2.45, 2.75) is 150 Å². The number of hydrogen-bond donors (Lipinski definition) is 19. The average Bonchev–Trinajstić information content (AvgIpc) is 1.89. The number of aliphatic imine (C=N–C) groups is 2. The highest BCUT2D eigenvalue weighted by molar-refractivity contribution is 7.98. The number of hydrogen-bond acceptors (Lipinski definition) is 19. The van der Waals surface area contributed by atoms with Gasteiger partial charge in [-0.1, -0.05) is 31.0 Å². The van der Waals surface area contributed by atoms with E-state index < -0.39 is 163 Å². The molecule has 1 aromatic carbocycles. The number of fused-ring (bicyclic) bond motifs is 2. The minimum Gasteiger partial charge on any atom is -0.481 e. The second kappa shape index (κ2) is 38.8. The van der Waals surface area contributed by atoms with Crippen LogP contribution in [0.2, 0.25) is 0 Å². The van der Waals surface area contributed by atoms with E-state index in [0.717, 1.165) is 33.8 Å². The fourth-order valence-corrected chi connectivity index (χ4v) is 11.2. The Bertz CT molecular complexity index is 3000. The van der Waals surface area contributed by atoms with Gasteiger partial charge in [0.25, 0.3) is 0 Å². The maximum Gasteiger partial charge on any atom is 0.305 e. The van der Waals surface area contributed by atoms with Gasteiger partial charge in [-0.05, 0) is 88.3 Å². The Hall–Kier alpha value is -8.97. The number of nitrogens with two attached hydrogens (primary N) is 6. The zero-order valence-electron chi connectivity index (χ0n) is 52.0.